The molecule has 18 heavy (non-hydrogen) atoms. The lowest BCUT2D eigenvalue weighted by Gasteiger charge is -2.12. The van der Waals surface area contributed by atoms with Gasteiger partial charge in [0.15, 0.2) is 0 Å². The van der Waals surface area contributed by atoms with Crippen molar-refractivity contribution in [3.05, 3.63) is 28.3 Å². The van der Waals surface area contributed by atoms with E-state index in [1.165, 1.54) is 12.1 Å². The number of carbonyl (C=O) groups excluding carboxylic acids is 1. The summed E-state index contributed by atoms with van der Waals surface area (Å²) >= 11 is 0. The number of anilines is 2. The van der Waals surface area contributed by atoms with Crippen LogP contribution in [0.1, 0.15) is 12.8 Å². The van der Waals surface area contributed by atoms with E-state index in [4.69, 9.17) is 5.73 Å². The molecule has 1 aromatic carbocycles. The molecule has 7 nitrogen and oxygen atoms in total. The van der Waals surface area contributed by atoms with Gasteiger partial charge in [-0.25, -0.2) is 0 Å². The fourth-order valence-electron chi connectivity index (χ4n) is 1.91. The van der Waals surface area contributed by atoms with Gasteiger partial charge in [0.05, 0.1) is 4.92 Å². The van der Waals surface area contributed by atoms with Crippen molar-refractivity contribution in [3.63, 3.8) is 0 Å². The number of hydrogen-bond acceptors (Lipinski definition) is 5. The number of nitro groups is 1. The van der Waals surface area contributed by atoms with E-state index in [9.17, 15) is 14.9 Å². The van der Waals surface area contributed by atoms with Gasteiger partial charge in [-0.05, 0) is 12.5 Å². The molecule has 1 atom stereocenters. The van der Waals surface area contributed by atoms with Gasteiger partial charge in [-0.2, -0.15) is 0 Å². The second-order valence-corrected chi connectivity index (χ2v) is 4.25. The lowest BCUT2D eigenvalue weighted by molar-refractivity contribution is -0.384. The van der Waals surface area contributed by atoms with E-state index in [2.05, 4.69) is 10.6 Å². The first kappa shape index (κ1) is 12.2. The topological polar surface area (TPSA) is 110 Å². The molecule has 1 aliphatic heterocycles. The van der Waals surface area contributed by atoms with Crippen LogP contribution in [0.15, 0.2) is 18.2 Å². The number of hydrogen-bond donors (Lipinski definition) is 3. The number of nitrogens with one attached hydrogen (secondary N) is 2. The SMILES string of the molecule is Nc1cc(NCC2CCC(=O)N2)cc([N+](=O)[O-])c1. The second-order valence-electron chi connectivity index (χ2n) is 4.25. The Morgan fingerprint density at radius 2 is 2.28 bits per heavy atom. The van der Waals surface area contributed by atoms with Crippen LogP contribution in [0.3, 0.4) is 0 Å². The van der Waals surface area contributed by atoms with E-state index < -0.39 is 4.92 Å². The van der Waals surface area contributed by atoms with Crippen LogP contribution in [0.25, 0.3) is 0 Å². The van der Waals surface area contributed by atoms with Crippen LogP contribution in [0, 0.1) is 10.1 Å². The Morgan fingerprint density at radius 3 is 2.89 bits per heavy atom. The van der Waals surface area contributed by atoms with Crippen LogP contribution < -0.4 is 16.4 Å². The van der Waals surface area contributed by atoms with Gasteiger partial charge >= 0.3 is 0 Å². The van der Waals surface area contributed by atoms with Gasteiger partial charge in [0.2, 0.25) is 5.91 Å². The largest absolute Gasteiger partial charge is 0.398 e. The maximum Gasteiger partial charge on any atom is 0.273 e. The smallest absolute Gasteiger partial charge is 0.273 e. The Morgan fingerprint density at radius 1 is 1.50 bits per heavy atom. The molecule has 1 saturated heterocycles. The molecule has 0 bridgehead atoms. The van der Waals surface area contributed by atoms with E-state index >= 15 is 0 Å². The minimum Gasteiger partial charge on any atom is -0.398 e. The van der Waals surface area contributed by atoms with Crippen molar-refractivity contribution in [2.75, 3.05) is 17.6 Å². The Balaban J connectivity index is 2.00. The summed E-state index contributed by atoms with van der Waals surface area (Å²) in [4.78, 5) is 21.2. The number of non-ortho nitro benzene ring substituents is 1. The van der Waals surface area contributed by atoms with Crippen molar-refractivity contribution < 1.29 is 9.72 Å². The van der Waals surface area contributed by atoms with Crippen molar-refractivity contribution in [3.8, 4) is 0 Å². The number of nitro benzene ring substituents is 1. The second kappa shape index (κ2) is 4.91. The molecule has 1 fully saturated rings. The first-order valence-corrected chi connectivity index (χ1v) is 5.63. The molecule has 1 amide bonds. The maximum absolute atomic E-state index is 11.0. The molecule has 1 unspecified atom stereocenters. The minimum absolute atomic E-state index is 0.0420. The number of benzene rings is 1. The fraction of sp³-hybridized carbons (Fsp3) is 0.364. The molecule has 1 heterocycles. The van der Waals surface area contributed by atoms with Gasteiger partial charge in [0.1, 0.15) is 0 Å². The lowest BCUT2D eigenvalue weighted by Crippen LogP contribution is -2.31. The molecule has 1 aromatic rings. The number of nitrogen functional groups attached to an aromatic ring is 1. The summed E-state index contributed by atoms with van der Waals surface area (Å²) in [6, 6.07) is 4.43. The zero-order valence-electron chi connectivity index (χ0n) is 9.68. The summed E-state index contributed by atoms with van der Waals surface area (Å²) in [5.41, 5.74) is 6.46. The number of carbonyl (C=O) groups is 1. The number of nitrogens with two attached hydrogens (primary N) is 1. The highest BCUT2D eigenvalue weighted by Gasteiger charge is 2.20. The van der Waals surface area contributed by atoms with E-state index in [1.807, 2.05) is 0 Å². The predicted molar refractivity (Wildman–Crippen MR) is 67.2 cm³/mol. The van der Waals surface area contributed by atoms with Gasteiger partial charge in [-0.15, -0.1) is 0 Å². The Labute approximate surface area is 104 Å². The lowest BCUT2D eigenvalue weighted by atomic mass is 10.2. The van der Waals surface area contributed by atoms with Crippen LogP contribution in [-0.2, 0) is 4.79 Å². The Kier molecular flexibility index (Phi) is 3.31. The summed E-state index contributed by atoms with van der Waals surface area (Å²) in [7, 11) is 0. The molecule has 4 N–H and O–H groups in total. The monoisotopic (exact) mass is 250 g/mol. The highest BCUT2D eigenvalue weighted by molar-refractivity contribution is 5.78. The first-order chi connectivity index (χ1) is 8.54. The average Bonchev–Trinajstić information content (AvgIpc) is 2.72. The normalized spacial score (nSPS) is 18.4. The molecule has 0 spiro atoms. The zero-order valence-corrected chi connectivity index (χ0v) is 9.68. The molecule has 1 aliphatic rings. The fourth-order valence-corrected chi connectivity index (χ4v) is 1.91. The summed E-state index contributed by atoms with van der Waals surface area (Å²) < 4.78 is 0. The maximum atomic E-state index is 11.0. The van der Waals surface area contributed by atoms with Crippen molar-refractivity contribution in [2.24, 2.45) is 0 Å². The van der Waals surface area contributed by atoms with E-state index in [0.717, 1.165) is 6.42 Å². The van der Waals surface area contributed by atoms with Crippen LogP contribution in [0.5, 0.6) is 0 Å². The Hall–Kier alpha value is -2.31. The van der Waals surface area contributed by atoms with E-state index in [0.29, 0.717) is 24.3 Å². The molecule has 0 saturated carbocycles. The summed E-state index contributed by atoms with van der Waals surface area (Å²) in [6.45, 7) is 0.534. The highest BCUT2D eigenvalue weighted by atomic mass is 16.6. The third-order valence-corrected chi connectivity index (χ3v) is 2.79. The third kappa shape index (κ3) is 2.88. The van der Waals surface area contributed by atoms with Crippen LogP contribution in [0.4, 0.5) is 17.1 Å². The molecule has 0 radical (unpaired) electrons. The van der Waals surface area contributed by atoms with Crippen molar-refractivity contribution in [2.45, 2.75) is 18.9 Å². The zero-order chi connectivity index (χ0) is 13.1. The standard InChI is InChI=1S/C11H14N4O3/c12-7-3-9(5-10(4-7)15(17)18)13-6-8-1-2-11(16)14-8/h3-5,8,13H,1-2,6,12H2,(H,14,16). The molecular formula is C11H14N4O3. The highest BCUT2D eigenvalue weighted by Crippen LogP contribution is 2.22. The molecule has 0 aromatic heterocycles. The number of amides is 1. The number of nitrogens with zero attached hydrogens (tertiary/aromatic N) is 1. The van der Waals surface area contributed by atoms with Gasteiger partial charge in [0, 0.05) is 42.5 Å². The van der Waals surface area contributed by atoms with Gasteiger partial charge in [-0.1, -0.05) is 0 Å². The predicted octanol–water partition coefficient (Wildman–Crippen LogP) is 0.867. The summed E-state index contributed by atoms with van der Waals surface area (Å²) in [5, 5.41) is 16.5. The summed E-state index contributed by atoms with van der Waals surface area (Å²) in [5.74, 6) is 0.0420. The van der Waals surface area contributed by atoms with Gasteiger partial charge in [0.25, 0.3) is 5.69 Å². The quantitative estimate of drug-likeness (QED) is 0.417. The van der Waals surface area contributed by atoms with Crippen molar-refractivity contribution in [1.82, 2.24) is 5.32 Å². The molecule has 7 heteroatoms. The molecule has 2 rings (SSSR count). The van der Waals surface area contributed by atoms with Crippen molar-refractivity contribution >= 4 is 23.0 Å². The van der Waals surface area contributed by atoms with E-state index in [1.54, 1.807) is 6.07 Å². The van der Waals surface area contributed by atoms with Gasteiger partial charge in [-0.3, -0.25) is 14.9 Å². The molecule has 96 valence electrons. The Bertz CT molecular complexity index is 489. The summed E-state index contributed by atoms with van der Waals surface area (Å²) in [6.07, 6.45) is 1.31. The molecule has 0 aliphatic carbocycles. The van der Waals surface area contributed by atoms with Crippen LogP contribution in [0.2, 0.25) is 0 Å². The molecular weight excluding hydrogens is 236 g/mol. The van der Waals surface area contributed by atoms with Gasteiger partial charge < -0.3 is 16.4 Å². The number of rotatable bonds is 4. The third-order valence-electron chi connectivity index (χ3n) is 2.79. The van der Waals surface area contributed by atoms with Crippen LogP contribution >= 0.6 is 0 Å². The van der Waals surface area contributed by atoms with Crippen LogP contribution in [-0.4, -0.2) is 23.4 Å². The minimum atomic E-state index is -0.487. The first-order valence-electron chi connectivity index (χ1n) is 5.63. The van der Waals surface area contributed by atoms with Crippen molar-refractivity contribution in [1.29, 1.82) is 0 Å². The van der Waals surface area contributed by atoms with E-state index in [-0.39, 0.29) is 17.6 Å². The average molecular weight is 250 g/mol.